The molecule has 0 aliphatic carbocycles. The van der Waals surface area contributed by atoms with E-state index in [9.17, 15) is 12.8 Å². The van der Waals surface area contributed by atoms with Crippen LogP contribution in [0.4, 0.5) is 10.1 Å². The number of nitrogens with one attached hydrogen (secondary N) is 1. The molecule has 1 N–H and O–H groups in total. The summed E-state index contributed by atoms with van der Waals surface area (Å²) in [6, 6.07) is 9.88. The Morgan fingerprint density at radius 2 is 1.81 bits per heavy atom. The van der Waals surface area contributed by atoms with Gasteiger partial charge in [0.1, 0.15) is 5.82 Å². The molecule has 0 aliphatic rings. The van der Waals surface area contributed by atoms with Crippen molar-refractivity contribution in [2.24, 2.45) is 0 Å². The monoisotopic (exact) mass is 432 g/mol. The Balaban J connectivity index is 2.37. The van der Waals surface area contributed by atoms with Crippen molar-refractivity contribution in [3.63, 3.8) is 0 Å². The van der Waals surface area contributed by atoms with Gasteiger partial charge in [0, 0.05) is 4.47 Å². The van der Waals surface area contributed by atoms with Crippen LogP contribution in [0.1, 0.15) is 5.56 Å². The lowest BCUT2D eigenvalue weighted by atomic mass is 10.2. The molecule has 0 heterocycles. The number of nitrogens with zero attached hydrogens (tertiary/aromatic N) is 1. The predicted molar refractivity (Wildman–Crippen MR) is 83.8 cm³/mol. The highest BCUT2D eigenvalue weighted by Gasteiger charge is 2.17. The third-order valence-electron chi connectivity index (χ3n) is 2.54. The van der Waals surface area contributed by atoms with E-state index in [0.717, 1.165) is 6.07 Å². The minimum Gasteiger partial charge on any atom is -0.278 e. The van der Waals surface area contributed by atoms with Gasteiger partial charge >= 0.3 is 0 Å². The molecule has 8 heteroatoms. The average Bonchev–Trinajstić information content (AvgIpc) is 2.43. The SMILES string of the molecule is N#Cc1ccc(NS(=O)(=O)c2ccc(Br)c(F)c2)c(Br)c1. The Hall–Kier alpha value is -1.43. The summed E-state index contributed by atoms with van der Waals surface area (Å²) in [7, 11) is -3.92. The van der Waals surface area contributed by atoms with Crippen molar-refractivity contribution >= 4 is 47.6 Å². The lowest BCUT2D eigenvalue weighted by Gasteiger charge is -2.10. The number of hydrogen-bond acceptors (Lipinski definition) is 3. The van der Waals surface area contributed by atoms with Crippen LogP contribution in [0.3, 0.4) is 0 Å². The van der Waals surface area contributed by atoms with Gasteiger partial charge in [-0.05, 0) is 68.3 Å². The predicted octanol–water partition coefficient (Wildman–Crippen LogP) is 4.02. The fraction of sp³-hybridized carbons (Fsp3) is 0. The van der Waals surface area contributed by atoms with Crippen LogP contribution in [-0.4, -0.2) is 8.42 Å². The second kappa shape index (κ2) is 6.13. The van der Waals surface area contributed by atoms with Gasteiger partial charge < -0.3 is 0 Å². The Morgan fingerprint density at radius 3 is 2.38 bits per heavy atom. The highest BCUT2D eigenvalue weighted by molar-refractivity contribution is 9.10. The van der Waals surface area contributed by atoms with Crippen molar-refractivity contribution in [1.29, 1.82) is 5.26 Å². The summed E-state index contributed by atoms with van der Waals surface area (Å²) in [5.74, 6) is -0.670. The average molecular weight is 434 g/mol. The third kappa shape index (κ3) is 3.61. The van der Waals surface area contributed by atoms with Crippen LogP contribution >= 0.6 is 31.9 Å². The maximum Gasteiger partial charge on any atom is 0.262 e. The first-order valence-corrected chi connectivity index (χ1v) is 8.58. The van der Waals surface area contributed by atoms with Crippen molar-refractivity contribution in [2.75, 3.05) is 4.72 Å². The van der Waals surface area contributed by atoms with Gasteiger partial charge in [0.15, 0.2) is 0 Å². The fourth-order valence-electron chi connectivity index (χ4n) is 1.52. The number of rotatable bonds is 3. The highest BCUT2D eigenvalue weighted by atomic mass is 79.9. The van der Waals surface area contributed by atoms with Gasteiger partial charge in [-0.1, -0.05) is 0 Å². The van der Waals surface area contributed by atoms with Gasteiger partial charge in [0.25, 0.3) is 10.0 Å². The Bertz CT molecular complexity index is 848. The summed E-state index contributed by atoms with van der Waals surface area (Å²) in [6.45, 7) is 0. The maximum atomic E-state index is 13.4. The van der Waals surface area contributed by atoms with Crippen LogP contribution in [0.2, 0.25) is 0 Å². The molecule has 0 saturated heterocycles. The second-order valence-corrected chi connectivity index (χ2v) is 7.38. The molecule has 2 rings (SSSR count). The fourth-order valence-corrected chi connectivity index (χ4v) is 3.46. The minimum atomic E-state index is -3.92. The lowest BCUT2D eigenvalue weighted by Crippen LogP contribution is -2.13. The van der Waals surface area contributed by atoms with Crippen LogP contribution in [0.15, 0.2) is 50.2 Å². The number of anilines is 1. The van der Waals surface area contributed by atoms with Crippen molar-refractivity contribution in [3.05, 3.63) is 56.7 Å². The molecule has 0 spiro atoms. The molecule has 0 radical (unpaired) electrons. The molecule has 0 unspecified atom stereocenters. The first kappa shape index (κ1) is 15.9. The number of benzene rings is 2. The first-order valence-electron chi connectivity index (χ1n) is 5.51. The zero-order valence-electron chi connectivity index (χ0n) is 10.3. The Morgan fingerprint density at radius 1 is 1.10 bits per heavy atom. The zero-order valence-corrected chi connectivity index (χ0v) is 14.3. The van der Waals surface area contributed by atoms with E-state index in [1.54, 1.807) is 0 Å². The number of sulfonamides is 1. The Labute approximate surface area is 137 Å². The third-order valence-corrected chi connectivity index (χ3v) is 5.21. The molecular formula is C13H7Br2FN2O2S. The van der Waals surface area contributed by atoms with Crippen molar-refractivity contribution < 1.29 is 12.8 Å². The smallest absolute Gasteiger partial charge is 0.262 e. The molecule has 0 bridgehead atoms. The molecule has 0 aliphatic heterocycles. The van der Waals surface area contributed by atoms with Crippen LogP contribution in [0, 0.1) is 17.1 Å². The molecule has 4 nitrogen and oxygen atoms in total. The normalized spacial score (nSPS) is 11.0. The molecule has 21 heavy (non-hydrogen) atoms. The van der Waals surface area contributed by atoms with Crippen molar-refractivity contribution in [2.45, 2.75) is 4.90 Å². The summed E-state index contributed by atoms with van der Waals surface area (Å²) < 4.78 is 40.8. The van der Waals surface area contributed by atoms with Crippen molar-refractivity contribution in [3.8, 4) is 6.07 Å². The van der Waals surface area contributed by atoms with Crippen LogP contribution < -0.4 is 4.72 Å². The van der Waals surface area contributed by atoms with Gasteiger partial charge in [-0.2, -0.15) is 5.26 Å². The summed E-state index contributed by atoms with van der Waals surface area (Å²) in [4.78, 5) is -0.195. The maximum absolute atomic E-state index is 13.4. The molecule has 0 aromatic heterocycles. The molecule has 0 atom stereocenters. The lowest BCUT2D eigenvalue weighted by molar-refractivity contribution is 0.593. The Kier molecular flexibility index (Phi) is 4.66. The van der Waals surface area contributed by atoms with Gasteiger partial charge in [0.2, 0.25) is 0 Å². The van der Waals surface area contributed by atoms with Gasteiger partial charge in [-0.15, -0.1) is 0 Å². The number of nitriles is 1. The van der Waals surface area contributed by atoms with E-state index in [1.807, 2.05) is 6.07 Å². The van der Waals surface area contributed by atoms with E-state index in [0.29, 0.717) is 10.0 Å². The number of halogens is 3. The highest BCUT2D eigenvalue weighted by Crippen LogP contribution is 2.27. The molecule has 0 amide bonds. The molecular weight excluding hydrogens is 427 g/mol. The van der Waals surface area contributed by atoms with Gasteiger partial charge in [-0.25, -0.2) is 12.8 Å². The molecule has 108 valence electrons. The first-order chi connectivity index (χ1) is 9.83. The second-order valence-electron chi connectivity index (χ2n) is 3.99. The summed E-state index contributed by atoms with van der Waals surface area (Å²) in [5.41, 5.74) is 0.650. The van der Waals surface area contributed by atoms with Crippen molar-refractivity contribution in [1.82, 2.24) is 0 Å². The zero-order chi connectivity index (χ0) is 15.6. The van der Waals surface area contributed by atoms with Crippen LogP contribution in [-0.2, 0) is 10.0 Å². The van der Waals surface area contributed by atoms with E-state index in [-0.39, 0.29) is 15.1 Å². The van der Waals surface area contributed by atoms with E-state index in [4.69, 9.17) is 5.26 Å². The molecule has 0 saturated carbocycles. The standard InChI is InChI=1S/C13H7Br2FN2O2S/c14-10-3-2-9(6-12(10)16)21(19,20)18-13-4-1-8(7-17)5-11(13)15/h1-6,18H. The summed E-state index contributed by atoms with van der Waals surface area (Å²) in [6.07, 6.45) is 0. The summed E-state index contributed by atoms with van der Waals surface area (Å²) >= 11 is 6.14. The minimum absolute atomic E-state index is 0.181. The van der Waals surface area contributed by atoms with E-state index >= 15 is 0 Å². The van der Waals surface area contributed by atoms with Crippen LogP contribution in [0.25, 0.3) is 0 Å². The van der Waals surface area contributed by atoms with E-state index in [1.165, 1.54) is 30.3 Å². The van der Waals surface area contributed by atoms with Gasteiger partial charge in [-0.3, -0.25) is 4.72 Å². The topological polar surface area (TPSA) is 70.0 Å². The number of hydrogen-bond donors (Lipinski definition) is 1. The molecule has 2 aromatic rings. The van der Waals surface area contributed by atoms with E-state index < -0.39 is 15.8 Å². The summed E-state index contributed by atoms with van der Waals surface area (Å²) in [5, 5.41) is 8.76. The van der Waals surface area contributed by atoms with E-state index in [2.05, 4.69) is 36.6 Å². The van der Waals surface area contributed by atoms with Gasteiger partial charge in [0.05, 0.1) is 26.7 Å². The molecule has 0 fully saturated rings. The largest absolute Gasteiger partial charge is 0.278 e. The molecule has 2 aromatic carbocycles. The quantitative estimate of drug-likeness (QED) is 0.794. The van der Waals surface area contributed by atoms with Crippen LogP contribution in [0.5, 0.6) is 0 Å².